The molecular formula is C29H31BrFN3O4S. The number of anilines is 1. The lowest BCUT2D eigenvalue weighted by Gasteiger charge is -2.32. The Labute approximate surface area is 237 Å². The molecule has 10 heteroatoms. The summed E-state index contributed by atoms with van der Waals surface area (Å²) in [5.41, 5.74) is 1.07. The van der Waals surface area contributed by atoms with Crippen LogP contribution < -0.4 is 9.62 Å². The molecule has 1 N–H and O–H groups in total. The lowest BCUT2D eigenvalue weighted by atomic mass is 10.1. The summed E-state index contributed by atoms with van der Waals surface area (Å²) in [6.07, 6.45) is 3.90. The van der Waals surface area contributed by atoms with Crippen LogP contribution in [0.5, 0.6) is 0 Å². The molecule has 2 amide bonds. The zero-order chi connectivity index (χ0) is 28.0. The number of nitrogens with zero attached hydrogens (tertiary/aromatic N) is 2. The highest BCUT2D eigenvalue weighted by Crippen LogP contribution is 2.25. The number of carbonyl (C=O) groups excluding carboxylic acids is 2. The Balaban J connectivity index is 1.66. The van der Waals surface area contributed by atoms with Gasteiger partial charge in [0, 0.05) is 17.1 Å². The van der Waals surface area contributed by atoms with E-state index in [4.69, 9.17) is 0 Å². The van der Waals surface area contributed by atoms with Gasteiger partial charge in [-0.25, -0.2) is 12.8 Å². The zero-order valence-corrected chi connectivity index (χ0v) is 24.0. The molecule has 0 bridgehead atoms. The number of halogens is 2. The number of para-hydroxylation sites is 1. The van der Waals surface area contributed by atoms with Gasteiger partial charge in [0.1, 0.15) is 18.4 Å². The van der Waals surface area contributed by atoms with Crippen LogP contribution in [0.2, 0.25) is 0 Å². The van der Waals surface area contributed by atoms with E-state index in [1.807, 2.05) is 24.3 Å². The lowest BCUT2D eigenvalue weighted by molar-refractivity contribution is -0.139. The predicted molar refractivity (Wildman–Crippen MR) is 152 cm³/mol. The molecule has 1 aliphatic rings. The summed E-state index contributed by atoms with van der Waals surface area (Å²) in [5, 5.41) is 3.05. The van der Waals surface area contributed by atoms with Crippen molar-refractivity contribution < 1.29 is 22.4 Å². The van der Waals surface area contributed by atoms with E-state index in [9.17, 15) is 22.4 Å². The van der Waals surface area contributed by atoms with Crippen molar-refractivity contribution in [3.8, 4) is 0 Å². The van der Waals surface area contributed by atoms with Crippen LogP contribution in [0.15, 0.2) is 88.2 Å². The number of hydrogen-bond donors (Lipinski definition) is 1. The van der Waals surface area contributed by atoms with Crippen molar-refractivity contribution in [2.45, 2.75) is 56.1 Å². The van der Waals surface area contributed by atoms with Gasteiger partial charge in [-0.3, -0.25) is 13.9 Å². The number of rotatable bonds is 10. The van der Waals surface area contributed by atoms with Crippen LogP contribution in [0.1, 0.15) is 38.2 Å². The first kappa shape index (κ1) is 28.8. The van der Waals surface area contributed by atoms with Gasteiger partial charge in [-0.05, 0) is 73.9 Å². The summed E-state index contributed by atoms with van der Waals surface area (Å²) in [4.78, 5) is 28.4. The predicted octanol–water partition coefficient (Wildman–Crippen LogP) is 5.26. The van der Waals surface area contributed by atoms with Crippen molar-refractivity contribution in [1.29, 1.82) is 0 Å². The first-order chi connectivity index (χ1) is 18.6. The van der Waals surface area contributed by atoms with Crippen LogP contribution in [-0.4, -0.2) is 43.8 Å². The van der Waals surface area contributed by atoms with Crippen LogP contribution >= 0.6 is 15.9 Å². The molecule has 0 spiro atoms. The fraction of sp³-hybridized carbons (Fsp3) is 0.310. The third kappa shape index (κ3) is 7.24. The van der Waals surface area contributed by atoms with E-state index >= 15 is 0 Å². The van der Waals surface area contributed by atoms with E-state index in [-0.39, 0.29) is 29.1 Å². The maximum atomic E-state index is 13.9. The Kier molecular flexibility index (Phi) is 9.40. The van der Waals surface area contributed by atoms with Gasteiger partial charge < -0.3 is 10.2 Å². The summed E-state index contributed by atoms with van der Waals surface area (Å²) in [6.45, 7) is 1.23. The van der Waals surface area contributed by atoms with Crippen molar-refractivity contribution in [2.75, 3.05) is 10.8 Å². The third-order valence-electron chi connectivity index (χ3n) is 6.86. The smallest absolute Gasteiger partial charge is 0.264 e. The molecule has 3 aromatic carbocycles. The van der Waals surface area contributed by atoms with Crippen molar-refractivity contribution in [1.82, 2.24) is 10.2 Å². The van der Waals surface area contributed by atoms with Crippen LogP contribution in [0.25, 0.3) is 0 Å². The van der Waals surface area contributed by atoms with Crippen molar-refractivity contribution in [3.63, 3.8) is 0 Å². The summed E-state index contributed by atoms with van der Waals surface area (Å²) in [7, 11) is -4.23. The quantitative estimate of drug-likeness (QED) is 0.337. The van der Waals surface area contributed by atoms with Gasteiger partial charge in [0.25, 0.3) is 10.0 Å². The van der Waals surface area contributed by atoms with E-state index in [2.05, 4.69) is 21.2 Å². The summed E-state index contributed by atoms with van der Waals surface area (Å²) < 4.78 is 42.8. The normalized spacial score (nSPS) is 14.5. The Hall–Kier alpha value is -3.24. The van der Waals surface area contributed by atoms with Gasteiger partial charge in [0.05, 0.1) is 10.6 Å². The van der Waals surface area contributed by atoms with E-state index in [0.29, 0.717) is 0 Å². The second kappa shape index (κ2) is 12.7. The molecule has 39 heavy (non-hydrogen) atoms. The molecule has 0 radical (unpaired) electrons. The SMILES string of the molecule is C[C@H](C(=O)NC1CCCC1)N(Cc1ccc(Br)cc1)C(=O)CN(c1ccccc1)S(=O)(=O)c1ccc(F)cc1. The number of amides is 2. The van der Waals surface area contributed by atoms with E-state index < -0.39 is 34.3 Å². The minimum atomic E-state index is -4.23. The van der Waals surface area contributed by atoms with Crippen LogP contribution in [0.4, 0.5) is 10.1 Å². The number of hydrogen-bond acceptors (Lipinski definition) is 4. The van der Waals surface area contributed by atoms with Crippen molar-refractivity contribution >= 4 is 43.5 Å². The molecule has 0 heterocycles. The number of carbonyl (C=O) groups is 2. The Bertz CT molecular complexity index is 1380. The molecule has 1 saturated carbocycles. The largest absolute Gasteiger partial charge is 0.352 e. The molecular weight excluding hydrogens is 585 g/mol. The first-order valence-corrected chi connectivity index (χ1v) is 15.1. The molecule has 7 nitrogen and oxygen atoms in total. The highest BCUT2D eigenvalue weighted by molar-refractivity contribution is 9.10. The molecule has 3 aromatic rings. The second-order valence-electron chi connectivity index (χ2n) is 9.62. The monoisotopic (exact) mass is 615 g/mol. The number of benzene rings is 3. The molecule has 0 saturated heterocycles. The summed E-state index contributed by atoms with van der Waals surface area (Å²) in [5.74, 6) is -1.39. The fourth-order valence-corrected chi connectivity index (χ4v) is 6.30. The van der Waals surface area contributed by atoms with Crippen molar-refractivity contribution in [2.24, 2.45) is 0 Å². The van der Waals surface area contributed by atoms with Gasteiger partial charge >= 0.3 is 0 Å². The standard InChI is InChI=1S/C29H31BrFN3O4S/c1-21(29(36)32-25-7-5-6-8-25)33(19-22-11-13-23(30)14-12-22)28(35)20-34(26-9-3-2-4-10-26)39(37,38)27-17-15-24(31)16-18-27/h2-4,9-18,21,25H,5-8,19-20H2,1H3,(H,32,36)/t21-/m1/s1. The maximum absolute atomic E-state index is 13.9. The Morgan fingerprint density at radius 3 is 2.21 bits per heavy atom. The highest BCUT2D eigenvalue weighted by atomic mass is 79.9. The van der Waals surface area contributed by atoms with Gasteiger partial charge in [0.2, 0.25) is 11.8 Å². The molecule has 206 valence electrons. The first-order valence-electron chi connectivity index (χ1n) is 12.8. The lowest BCUT2D eigenvalue weighted by Crippen LogP contribution is -2.52. The van der Waals surface area contributed by atoms with Crippen LogP contribution in [0.3, 0.4) is 0 Å². The number of nitrogens with one attached hydrogen (secondary N) is 1. The fourth-order valence-electron chi connectivity index (χ4n) is 4.62. The number of sulfonamides is 1. The van der Waals surface area contributed by atoms with Gasteiger partial charge in [-0.1, -0.05) is 59.1 Å². The Morgan fingerprint density at radius 1 is 0.974 bits per heavy atom. The van der Waals surface area contributed by atoms with Crippen molar-refractivity contribution in [3.05, 3.63) is 94.7 Å². The average Bonchev–Trinajstić information content (AvgIpc) is 3.44. The van der Waals surface area contributed by atoms with E-state index in [1.54, 1.807) is 37.3 Å². The minimum Gasteiger partial charge on any atom is -0.352 e. The average molecular weight is 617 g/mol. The molecule has 1 aliphatic carbocycles. The van der Waals surface area contributed by atoms with Crippen LogP contribution in [0, 0.1) is 5.82 Å². The second-order valence-corrected chi connectivity index (χ2v) is 12.4. The third-order valence-corrected chi connectivity index (χ3v) is 9.18. The minimum absolute atomic E-state index is 0.0734. The molecule has 0 aliphatic heterocycles. The molecule has 1 atom stereocenters. The van der Waals surface area contributed by atoms with Gasteiger partial charge in [0.15, 0.2) is 0 Å². The molecule has 0 aromatic heterocycles. The topological polar surface area (TPSA) is 86.8 Å². The Morgan fingerprint density at radius 2 is 1.59 bits per heavy atom. The van der Waals surface area contributed by atoms with Gasteiger partial charge in [-0.15, -0.1) is 0 Å². The highest BCUT2D eigenvalue weighted by Gasteiger charge is 2.33. The molecule has 0 unspecified atom stereocenters. The summed E-state index contributed by atoms with van der Waals surface area (Å²) in [6, 6.07) is 19.3. The van der Waals surface area contributed by atoms with E-state index in [0.717, 1.165) is 52.2 Å². The van der Waals surface area contributed by atoms with Gasteiger partial charge in [-0.2, -0.15) is 0 Å². The summed E-state index contributed by atoms with van der Waals surface area (Å²) >= 11 is 3.41. The van der Waals surface area contributed by atoms with E-state index in [1.165, 1.54) is 17.0 Å². The maximum Gasteiger partial charge on any atom is 0.264 e. The molecule has 4 rings (SSSR count). The van der Waals surface area contributed by atoms with Crippen LogP contribution in [-0.2, 0) is 26.2 Å². The molecule has 1 fully saturated rings. The zero-order valence-electron chi connectivity index (χ0n) is 21.6.